The highest BCUT2D eigenvalue weighted by atomic mass is 16.5. The van der Waals surface area contributed by atoms with Crippen LogP contribution in [-0.2, 0) is 14.3 Å². The molecule has 0 bridgehead atoms. The first-order valence-corrected chi connectivity index (χ1v) is 31.3. The summed E-state index contributed by atoms with van der Waals surface area (Å²) < 4.78 is 5.47. The molecule has 68 heavy (non-hydrogen) atoms. The lowest BCUT2D eigenvalue weighted by molar-refractivity contribution is -0.143. The smallest absolute Gasteiger partial charge is 0.305 e. The molecule has 0 rings (SSSR count). The Hall–Kier alpha value is -1.14. The second-order valence-corrected chi connectivity index (χ2v) is 21.8. The number of ether oxygens (including phenoxy) is 1. The Morgan fingerprint density at radius 1 is 0.353 bits per heavy atom. The van der Waals surface area contributed by atoms with Crippen molar-refractivity contribution in [2.24, 2.45) is 0 Å². The number of carbonyl (C=O) groups excluding carboxylic acids is 2. The SMILES string of the molecule is CCCCCCCCCCCCCCCCC(O)C(CO)NC(=O)CCCCCCCCCCCCCCCCCCCCCCCCCCCCOC(=O)CCCCCCCCCCCCC. The van der Waals surface area contributed by atoms with Crippen LogP contribution in [0, 0.1) is 0 Å². The van der Waals surface area contributed by atoms with E-state index in [1.165, 1.54) is 289 Å². The molecule has 2 unspecified atom stereocenters. The first kappa shape index (κ1) is 66.9. The molecule has 0 aliphatic carbocycles. The summed E-state index contributed by atoms with van der Waals surface area (Å²) in [5.41, 5.74) is 0. The number of esters is 1. The zero-order valence-corrected chi connectivity index (χ0v) is 46.4. The van der Waals surface area contributed by atoms with Crippen molar-refractivity contribution in [1.29, 1.82) is 0 Å². The first-order chi connectivity index (χ1) is 33.5. The lowest BCUT2D eigenvalue weighted by atomic mass is 10.0. The molecule has 0 aliphatic heterocycles. The largest absolute Gasteiger partial charge is 0.466 e. The summed E-state index contributed by atoms with van der Waals surface area (Å²) in [5, 5.41) is 23.3. The van der Waals surface area contributed by atoms with E-state index in [-0.39, 0.29) is 18.5 Å². The van der Waals surface area contributed by atoms with Crippen LogP contribution in [0.2, 0.25) is 0 Å². The molecule has 0 saturated carbocycles. The molecule has 0 aromatic rings. The number of aliphatic hydroxyl groups is 2. The molecule has 0 spiro atoms. The monoisotopic (exact) mass is 962 g/mol. The van der Waals surface area contributed by atoms with Crippen LogP contribution in [0.5, 0.6) is 0 Å². The van der Waals surface area contributed by atoms with E-state index in [1.54, 1.807) is 0 Å². The van der Waals surface area contributed by atoms with E-state index < -0.39 is 12.1 Å². The number of hydrogen-bond acceptors (Lipinski definition) is 5. The normalized spacial score (nSPS) is 12.5. The summed E-state index contributed by atoms with van der Waals surface area (Å²) in [6.07, 6.45) is 68.3. The Morgan fingerprint density at radius 3 is 0.897 bits per heavy atom. The molecule has 406 valence electrons. The van der Waals surface area contributed by atoms with Crippen LogP contribution in [0.15, 0.2) is 0 Å². The number of rotatable bonds is 59. The van der Waals surface area contributed by atoms with Crippen molar-refractivity contribution in [2.45, 2.75) is 373 Å². The minimum atomic E-state index is -0.661. The maximum absolute atomic E-state index is 12.5. The van der Waals surface area contributed by atoms with Gasteiger partial charge in [-0.2, -0.15) is 0 Å². The van der Waals surface area contributed by atoms with Crippen LogP contribution in [0.4, 0.5) is 0 Å². The molecule has 0 radical (unpaired) electrons. The number of hydrogen-bond donors (Lipinski definition) is 3. The number of unbranched alkanes of at least 4 members (excludes halogenated alkanes) is 48. The summed E-state index contributed by atoms with van der Waals surface area (Å²) in [4.78, 5) is 24.5. The van der Waals surface area contributed by atoms with Crippen LogP contribution in [0.3, 0.4) is 0 Å². The Morgan fingerprint density at radius 2 is 0.603 bits per heavy atom. The third kappa shape index (κ3) is 54.2. The summed E-state index contributed by atoms with van der Waals surface area (Å²) in [6, 6.07) is -0.538. The fraction of sp³-hybridized carbons (Fsp3) is 0.968. The summed E-state index contributed by atoms with van der Waals surface area (Å²) in [6.45, 7) is 4.98. The van der Waals surface area contributed by atoms with E-state index in [1.807, 2.05) is 0 Å². The van der Waals surface area contributed by atoms with Gasteiger partial charge in [0, 0.05) is 12.8 Å². The fourth-order valence-corrected chi connectivity index (χ4v) is 10.1. The molecular formula is C62H123NO5. The van der Waals surface area contributed by atoms with Gasteiger partial charge in [0.05, 0.1) is 25.4 Å². The Labute approximate surface area is 426 Å². The van der Waals surface area contributed by atoms with Gasteiger partial charge in [-0.05, 0) is 25.7 Å². The minimum absolute atomic E-state index is 0.0178. The van der Waals surface area contributed by atoms with Crippen LogP contribution in [0.1, 0.15) is 361 Å². The predicted molar refractivity (Wildman–Crippen MR) is 297 cm³/mol. The third-order valence-corrected chi connectivity index (χ3v) is 14.9. The molecule has 6 heteroatoms. The molecule has 0 aliphatic rings. The highest BCUT2D eigenvalue weighted by Gasteiger charge is 2.20. The highest BCUT2D eigenvalue weighted by molar-refractivity contribution is 5.76. The van der Waals surface area contributed by atoms with Crippen molar-refractivity contribution in [3.05, 3.63) is 0 Å². The van der Waals surface area contributed by atoms with Crippen LogP contribution >= 0.6 is 0 Å². The Balaban J connectivity index is 3.34. The van der Waals surface area contributed by atoms with E-state index >= 15 is 0 Å². The Bertz CT molecular complexity index is 975. The maximum atomic E-state index is 12.5. The predicted octanol–water partition coefficient (Wildman–Crippen LogP) is 19.5. The summed E-state index contributed by atoms with van der Waals surface area (Å²) in [5.74, 6) is -0.0122. The number of amides is 1. The minimum Gasteiger partial charge on any atom is -0.466 e. The van der Waals surface area contributed by atoms with Gasteiger partial charge in [-0.25, -0.2) is 0 Å². The standard InChI is InChI=1S/C62H123NO5/c1-3-5-7-9-11-13-15-16-31-35-38-42-46-50-54-60(65)59(58-64)63-61(66)55-51-47-43-39-36-32-29-27-25-23-21-19-17-18-20-22-24-26-28-30-33-37-41-45-49-53-57-68-62(67)56-52-48-44-40-34-14-12-10-8-6-4-2/h59-60,64-65H,3-58H2,1-2H3,(H,63,66). The highest BCUT2D eigenvalue weighted by Crippen LogP contribution is 2.19. The average Bonchev–Trinajstić information content (AvgIpc) is 3.34. The zero-order chi connectivity index (χ0) is 49.3. The van der Waals surface area contributed by atoms with E-state index in [2.05, 4.69) is 19.2 Å². The Kier molecular flexibility index (Phi) is 57.5. The molecule has 0 aromatic carbocycles. The average molecular weight is 963 g/mol. The number of carbonyl (C=O) groups is 2. The van der Waals surface area contributed by atoms with Gasteiger partial charge in [-0.1, -0.05) is 322 Å². The zero-order valence-electron chi connectivity index (χ0n) is 46.4. The van der Waals surface area contributed by atoms with Gasteiger partial charge in [-0.15, -0.1) is 0 Å². The van der Waals surface area contributed by atoms with Crippen LogP contribution in [-0.4, -0.2) is 47.4 Å². The van der Waals surface area contributed by atoms with Crippen LogP contribution < -0.4 is 5.32 Å². The lowest BCUT2D eigenvalue weighted by Gasteiger charge is -2.22. The van der Waals surface area contributed by atoms with Crippen molar-refractivity contribution >= 4 is 11.9 Å². The maximum Gasteiger partial charge on any atom is 0.305 e. The molecule has 0 heterocycles. The fourth-order valence-electron chi connectivity index (χ4n) is 10.1. The molecule has 1 amide bonds. The quantitative estimate of drug-likeness (QED) is 0.0417. The van der Waals surface area contributed by atoms with Crippen LogP contribution in [0.25, 0.3) is 0 Å². The number of nitrogens with one attached hydrogen (secondary N) is 1. The summed E-state index contributed by atoms with van der Waals surface area (Å²) >= 11 is 0. The van der Waals surface area contributed by atoms with Gasteiger partial charge in [0.25, 0.3) is 0 Å². The van der Waals surface area contributed by atoms with Gasteiger partial charge in [-0.3, -0.25) is 9.59 Å². The van der Waals surface area contributed by atoms with Crippen molar-refractivity contribution < 1.29 is 24.5 Å². The molecular weight excluding hydrogens is 839 g/mol. The first-order valence-electron chi connectivity index (χ1n) is 31.3. The van der Waals surface area contributed by atoms with Crippen molar-refractivity contribution in [2.75, 3.05) is 13.2 Å². The van der Waals surface area contributed by atoms with E-state index in [9.17, 15) is 19.8 Å². The molecule has 0 aromatic heterocycles. The topological polar surface area (TPSA) is 95.9 Å². The van der Waals surface area contributed by atoms with E-state index in [4.69, 9.17) is 4.74 Å². The van der Waals surface area contributed by atoms with Gasteiger partial charge >= 0.3 is 5.97 Å². The van der Waals surface area contributed by atoms with Crippen molar-refractivity contribution in [1.82, 2.24) is 5.32 Å². The summed E-state index contributed by atoms with van der Waals surface area (Å²) in [7, 11) is 0. The number of aliphatic hydroxyl groups excluding tert-OH is 2. The van der Waals surface area contributed by atoms with Gasteiger partial charge in [0.1, 0.15) is 0 Å². The van der Waals surface area contributed by atoms with Gasteiger partial charge in [0.15, 0.2) is 0 Å². The molecule has 6 nitrogen and oxygen atoms in total. The second-order valence-electron chi connectivity index (χ2n) is 21.8. The van der Waals surface area contributed by atoms with Crippen molar-refractivity contribution in [3.8, 4) is 0 Å². The second kappa shape index (κ2) is 58.4. The molecule has 0 fully saturated rings. The van der Waals surface area contributed by atoms with Gasteiger partial charge < -0.3 is 20.3 Å². The molecule has 0 saturated heterocycles. The lowest BCUT2D eigenvalue weighted by Crippen LogP contribution is -2.45. The van der Waals surface area contributed by atoms with Gasteiger partial charge in [0.2, 0.25) is 5.91 Å². The molecule has 3 N–H and O–H groups in total. The molecule has 2 atom stereocenters. The third-order valence-electron chi connectivity index (χ3n) is 14.9. The van der Waals surface area contributed by atoms with E-state index in [0.717, 1.165) is 38.5 Å². The van der Waals surface area contributed by atoms with E-state index in [0.29, 0.717) is 25.9 Å². The van der Waals surface area contributed by atoms with Crippen molar-refractivity contribution in [3.63, 3.8) is 0 Å².